The molecule has 1 aromatic carbocycles. The van der Waals surface area contributed by atoms with E-state index in [2.05, 4.69) is 5.32 Å². The first-order valence-electron chi connectivity index (χ1n) is 10.0. The first kappa shape index (κ1) is 20.5. The minimum absolute atomic E-state index is 0.0929. The highest BCUT2D eigenvalue weighted by atomic mass is 35.5. The quantitative estimate of drug-likeness (QED) is 0.749. The average molecular weight is 445 g/mol. The van der Waals surface area contributed by atoms with Gasteiger partial charge in [-0.15, -0.1) is 0 Å². The molecule has 2 saturated carbocycles. The van der Waals surface area contributed by atoms with Crippen molar-refractivity contribution in [3.05, 3.63) is 33.8 Å². The number of piperidine rings is 1. The summed E-state index contributed by atoms with van der Waals surface area (Å²) in [6.45, 7) is 0.755. The van der Waals surface area contributed by atoms with E-state index in [0.717, 1.165) is 12.3 Å². The molecule has 3 atom stereocenters. The smallest absolute Gasteiger partial charge is 0.223 e. The molecule has 8 heteroatoms. The number of hydrogen-bond acceptors (Lipinski definition) is 3. The minimum atomic E-state index is -3.48. The maximum Gasteiger partial charge on any atom is 0.223 e. The number of fused-ring (bicyclic) bond motifs is 2. The van der Waals surface area contributed by atoms with Gasteiger partial charge in [0.05, 0.1) is 5.75 Å². The van der Waals surface area contributed by atoms with Gasteiger partial charge in [0.15, 0.2) is 0 Å². The Morgan fingerprint density at radius 1 is 1.11 bits per heavy atom. The van der Waals surface area contributed by atoms with Crippen LogP contribution in [0.4, 0.5) is 0 Å². The fraction of sp³-hybridized carbons (Fsp3) is 0.650. The summed E-state index contributed by atoms with van der Waals surface area (Å²) in [5, 5.41) is 4.09. The van der Waals surface area contributed by atoms with Gasteiger partial charge in [-0.25, -0.2) is 12.7 Å². The van der Waals surface area contributed by atoms with Crippen molar-refractivity contribution in [1.29, 1.82) is 0 Å². The number of carbonyl (C=O) groups is 1. The summed E-state index contributed by atoms with van der Waals surface area (Å²) in [4.78, 5) is 12.6. The van der Waals surface area contributed by atoms with E-state index in [4.69, 9.17) is 23.2 Å². The standard InChI is InChI=1S/C20H26Cl2N2O3S/c21-17-4-3-16(18(22)11-17)12-28(26,27)24-7-5-14(6-8-24)20(25)23-19-10-13-1-2-15(19)9-13/h3-4,11,13-15,19H,1-2,5-10,12H2,(H,23,25)/t13-,15-,19+/m0/s1. The van der Waals surface area contributed by atoms with E-state index in [1.54, 1.807) is 18.2 Å². The third kappa shape index (κ3) is 4.35. The number of amides is 1. The number of benzene rings is 1. The third-order valence-corrected chi connectivity index (χ3v) is 9.05. The lowest BCUT2D eigenvalue weighted by molar-refractivity contribution is -0.127. The number of hydrogen-bond donors (Lipinski definition) is 1. The van der Waals surface area contributed by atoms with Gasteiger partial charge >= 0.3 is 0 Å². The zero-order valence-electron chi connectivity index (χ0n) is 15.7. The van der Waals surface area contributed by atoms with Crippen LogP contribution < -0.4 is 5.32 Å². The lowest BCUT2D eigenvalue weighted by Gasteiger charge is -2.32. The Labute approximate surface area is 176 Å². The Morgan fingerprint density at radius 2 is 1.86 bits per heavy atom. The fourth-order valence-corrected chi connectivity index (χ4v) is 7.19. The predicted molar refractivity (Wildman–Crippen MR) is 111 cm³/mol. The van der Waals surface area contributed by atoms with E-state index in [1.807, 2.05) is 0 Å². The number of halogens is 2. The van der Waals surface area contributed by atoms with Crippen molar-refractivity contribution in [1.82, 2.24) is 9.62 Å². The molecule has 0 spiro atoms. The molecule has 3 aliphatic rings. The second-order valence-corrected chi connectivity index (χ2v) is 11.3. The van der Waals surface area contributed by atoms with Crippen molar-refractivity contribution in [2.75, 3.05) is 13.1 Å². The topological polar surface area (TPSA) is 66.5 Å². The molecular formula is C20H26Cl2N2O3S. The van der Waals surface area contributed by atoms with Gasteiger partial charge < -0.3 is 5.32 Å². The summed E-state index contributed by atoms with van der Waals surface area (Å²) < 4.78 is 27.0. The van der Waals surface area contributed by atoms with Crippen molar-refractivity contribution < 1.29 is 13.2 Å². The van der Waals surface area contributed by atoms with E-state index in [1.165, 1.54) is 23.6 Å². The van der Waals surface area contributed by atoms with Gasteiger partial charge in [-0.2, -0.15) is 0 Å². The number of nitrogens with one attached hydrogen (secondary N) is 1. The maximum absolute atomic E-state index is 12.8. The molecule has 1 aliphatic heterocycles. The molecule has 2 bridgehead atoms. The Kier molecular flexibility index (Phi) is 5.94. The minimum Gasteiger partial charge on any atom is -0.353 e. The highest BCUT2D eigenvalue weighted by Crippen LogP contribution is 2.44. The molecule has 3 fully saturated rings. The van der Waals surface area contributed by atoms with Crippen molar-refractivity contribution in [3.63, 3.8) is 0 Å². The summed E-state index contributed by atoms with van der Waals surface area (Å²) in [6, 6.07) is 5.18. The highest BCUT2D eigenvalue weighted by Gasteiger charge is 2.41. The van der Waals surface area contributed by atoms with Crippen LogP contribution in [0.25, 0.3) is 0 Å². The van der Waals surface area contributed by atoms with E-state index in [0.29, 0.717) is 53.5 Å². The van der Waals surface area contributed by atoms with Gasteiger partial charge in [0.25, 0.3) is 0 Å². The first-order valence-corrected chi connectivity index (χ1v) is 12.4. The van der Waals surface area contributed by atoms with Crippen LogP contribution in [-0.4, -0.2) is 37.8 Å². The van der Waals surface area contributed by atoms with Gasteiger partial charge in [-0.05, 0) is 61.6 Å². The van der Waals surface area contributed by atoms with Gasteiger partial charge in [0.2, 0.25) is 15.9 Å². The van der Waals surface area contributed by atoms with Crippen LogP contribution in [0.3, 0.4) is 0 Å². The number of rotatable bonds is 5. The normalized spacial score (nSPS) is 28.6. The molecule has 1 saturated heterocycles. The Hall–Kier alpha value is -0.820. The average Bonchev–Trinajstić information content (AvgIpc) is 3.27. The SMILES string of the molecule is O=C(N[C@@H]1C[C@H]2CC[C@H]1C2)C1CCN(S(=O)(=O)Cc2ccc(Cl)cc2Cl)CC1. The Morgan fingerprint density at radius 3 is 2.46 bits per heavy atom. The van der Waals surface area contributed by atoms with Crippen LogP contribution in [-0.2, 0) is 20.6 Å². The van der Waals surface area contributed by atoms with Crippen LogP contribution in [0.15, 0.2) is 18.2 Å². The van der Waals surface area contributed by atoms with Gasteiger partial charge in [-0.3, -0.25) is 4.79 Å². The third-order valence-electron chi connectivity index (χ3n) is 6.64. The van der Waals surface area contributed by atoms with Gasteiger partial charge in [0.1, 0.15) is 0 Å². The number of carbonyl (C=O) groups excluding carboxylic acids is 1. The molecule has 28 heavy (non-hydrogen) atoms. The van der Waals surface area contributed by atoms with Crippen molar-refractivity contribution in [2.45, 2.75) is 50.3 Å². The molecule has 2 aliphatic carbocycles. The first-order chi connectivity index (χ1) is 13.3. The van der Waals surface area contributed by atoms with E-state index in [9.17, 15) is 13.2 Å². The molecule has 5 nitrogen and oxygen atoms in total. The lowest BCUT2D eigenvalue weighted by Crippen LogP contribution is -2.46. The number of nitrogens with zero attached hydrogens (tertiary/aromatic N) is 1. The summed E-state index contributed by atoms with van der Waals surface area (Å²) in [7, 11) is -3.48. The molecule has 1 N–H and O–H groups in total. The van der Waals surface area contributed by atoms with Crippen LogP contribution in [0.2, 0.25) is 10.0 Å². The number of sulfonamides is 1. The molecule has 1 aromatic rings. The van der Waals surface area contributed by atoms with E-state index < -0.39 is 10.0 Å². The van der Waals surface area contributed by atoms with E-state index in [-0.39, 0.29) is 17.6 Å². The summed E-state index contributed by atoms with van der Waals surface area (Å²) >= 11 is 12.0. The Bertz CT molecular complexity index is 853. The van der Waals surface area contributed by atoms with Gasteiger partial charge in [-0.1, -0.05) is 35.7 Å². The molecule has 0 aromatic heterocycles. The van der Waals surface area contributed by atoms with Crippen molar-refractivity contribution in [2.24, 2.45) is 17.8 Å². The molecule has 4 rings (SSSR count). The van der Waals surface area contributed by atoms with Crippen LogP contribution in [0.1, 0.15) is 44.1 Å². The van der Waals surface area contributed by atoms with Crippen molar-refractivity contribution >= 4 is 39.1 Å². The molecular weight excluding hydrogens is 419 g/mol. The molecule has 154 valence electrons. The largest absolute Gasteiger partial charge is 0.353 e. The highest BCUT2D eigenvalue weighted by molar-refractivity contribution is 7.88. The predicted octanol–water partition coefficient (Wildman–Crippen LogP) is 3.84. The van der Waals surface area contributed by atoms with Crippen LogP contribution in [0.5, 0.6) is 0 Å². The zero-order chi connectivity index (χ0) is 19.9. The zero-order valence-corrected chi connectivity index (χ0v) is 18.1. The van der Waals surface area contributed by atoms with E-state index >= 15 is 0 Å². The molecule has 0 unspecified atom stereocenters. The van der Waals surface area contributed by atoms with Crippen LogP contribution in [0, 0.1) is 17.8 Å². The summed E-state index contributed by atoms with van der Waals surface area (Å²) in [5.41, 5.74) is 0.544. The van der Waals surface area contributed by atoms with Gasteiger partial charge in [0, 0.05) is 35.1 Å². The fourth-order valence-electron chi connectivity index (χ4n) is 5.04. The molecule has 1 amide bonds. The second kappa shape index (κ2) is 8.13. The van der Waals surface area contributed by atoms with Crippen molar-refractivity contribution in [3.8, 4) is 0 Å². The summed E-state index contributed by atoms with van der Waals surface area (Å²) in [6.07, 6.45) is 6.06. The maximum atomic E-state index is 12.8. The summed E-state index contributed by atoms with van der Waals surface area (Å²) in [5.74, 6) is 1.31. The molecule has 1 heterocycles. The van der Waals surface area contributed by atoms with Crippen LogP contribution >= 0.6 is 23.2 Å². The second-order valence-electron chi connectivity index (χ2n) is 8.46. The lowest BCUT2D eigenvalue weighted by atomic mass is 9.93. The molecule has 0 radical (unpaired) electrons. The monoisotopic (exact) mass is 444 g/mol. The Balaban J connectivity index is 1.31.